The van der Waals surface area contributed by atoms with Crippen LogP contribution in [-0.2, 0) is 10.8 Å². The molecule has 0 fully saturated rings. The van der Waals surface area contributed by atoms with Crippen LogP contribution in [0.15, 0.2) is 192 Å². The summed E-state index contributed by atoms with van der Waals surface area (Å²) in [5.41, 5.74) is -11.4. The molecular weight excluding hydrogens is 727 g/mol. The Morgan fingerprint density at radius 1 is 0.450 bits per heavy atom. The summed E-state index contributed by atoms with van der Waals surface area (Å²) in [4.78, 5) is 0.869. The molecule has 0 bridgehead atoms. The highest BCUT2D eigenvalue weighted by molar-refractivity contribution is 6.22. The Morgan fingerprint density at radius 3 is 1.80 bits per heavy atom. The van der Waals surface area contributed by atoms with Gasteiger partial charge in [-0.15, -0.1) is 0 Å². The van der Waals surface area contributed by atoms with Gasteiger partial charge in [-0.2, -0.15) is 0 Å². The zero-order valence-electron chi connectivity index (χ0n) is 56.2. The molecular formula is C58H43NO. The monoisotopic (exact) mass is 794 g/mol. The Balaban J connectivity index is 1.21. The standard InChI is InChI=1S/C58H43NO/c1-57(2)50-22-12-10-18-43(50)45-31-29-39(33-52(45)57)59(40-30-32-46-44-19-11-13-23-51(44)58(3,4)53(46)34-40)38-27-25-37(26-28-38)48-35-49-55-41(36-15-6-5-7-16-36)21-14-24-54(55)60-56(49)47-20-9-8-17-42(47)48/h5-35H,1-4H3/i1D3,2D3,3D3,4D3,10D,11D,12D,13D,18D,19D,22D,23D,29D,30D,31D,32D,33D. The Morgan fingerprint density at radius 2 is 1.07 bits per heavy atom. The van der Waals surface area contributed by atoms with Crippen LogP contribution >= 0.6 is 0 Å². The highest BCUT2D eigenvalue weighted by Gasteiger charge is 2.37. The first-order valence-corrected chi connectivity index (χ1v) is 19.0. The van der Waals surface area contributed by atoms with Gasteiger partial charge in [-0.25, -0.2) is 0 Å². The SMILES string of the molecule is [2H]c1c(N(c2ccc(-c3cc4c(oc5cccc(-c6ccccc6)c54)c4ccccc34)cc2)c2c([2H])c([2H])c3c(c2[2H])C(C([2H])([2H])[2H])(C([2H])([2H])[2H])c2c([2H])c([2H])c([2H])c([2H])c2-3)cc2c(c1[2H])-c1c([2H])c([2H])c([2H])c([2H])c1C2(C([2H])([2H])[2H])C([2H])([2H])[2H]. The summed E-state index contributed by atoms with van der Waals surface area (Å²) in [5.74, 6) is 0. The zero-order chi connectivity index (χ0) is 61.6. The number of rotatable bonds is 5. The van der Waals surface area contributed by atoms with Crippen molar-refractivity contribution in [3.63, 3.8) is 0 Å². The van der Waals surface area contributed by atoms with Gasteiger partial charge in [0.25, 0.3) is 0 Å². The number of anilines is 3. The largest absolute Gasteiger partial charge is 0.455 e. The Bertz CT molecular complexity index is 4550. The van der Waals surface area contributed by atoms with Crippen molar-refractivity contribution in [3.8, 4) is 44.5 Å². The van der Waals surface area contributed by atoms with Crippen LogP contribution in [0.5, 0.6) is 0 Å². The number of hydrogen-bond acceptors (Lipinski definition) is 2. The molecule has 0 aliphatic heterocycles. The van der Waals surface area contributed by atoms with Crippen LogP contribution in [0, 0.1) is 0 Å². The maximum atomic E-state index is 10.2. The number of benzene rings is 9. The van der Waals surface area contributed by atoms with Gasteiger partial charge >= 0.3 is 0 Å². The fraction of sp³-hybridized carbons (Fsp3) is 0.103. The topological polar surface area (TPSA) is 16.4 Å². The van der Waals surface area contributed by atoms with Gasteiger partial charge in [0.2, 0.25) is 0 Å². The second-order valence-corrected chi connectivity index (χ2v) is 14.9. The lowest BCUT2D eigenvalue weighted by atomic mass is 9.82. The third kappa shape index (κ3) is 4.94. The zero-order valence-corrected chi connectivity index (χ0v) is 31.2. The van der Waals surface area contributed by atoms with E-state index in [4.69, 9.17) is 31.8 Å². The molecule has 0 unspecified atom stereocenters. The van der Waals surface area contributed by atoms with Crippen molar-refractivity contribution in [2.24, 2.45) is 0 Å². The van der Waals surface area contributed by atoms with Gasteiger partial charge in [-0.05, 0) is 121 Å². The van der Waals surface area contributed by atoms with Crippen LogP contribution in [0.25, 0.3) is 77.2 Å². The van der Waals surface area contributed by atoms with Crippen molar-refractivity contribution in [1.82, 2.24) is 0 Å². The molecule has 2 aliphatic carbocycles. The number of hydrogen-bond donors (Lipinski definition) is 0. The van der Waals surface area contributed by atoms with E-state index in [1.54, 1.807) is 12.1 Å². The van der Waals surface area contributed by atoms with E-state index in [-0.39, 0.29) is 5.69 Å². The molecule has 0 amide bonds. The van der Waals surface area contributed by atoms with Gasteiger partial charge in [-0.1, -0.05) is 167 Å². The first-order chi connectivity index (χ1) is 39.7. The van der Waals surface area contributed by atoms with Crippen LogP contribution in [0.3, 0.4) is 0 Å². The Kier molecular flexibility index (Phi) is 3.80. The molecule has 0 radical (unpaired) electrons. The molecule has 10 aromatic rings. The average molecular weight is 795 g/mol. The van der Waals surface area contributed by atoms with E-state index >= 15 is 0 Å². The molecule has 60 heavy (non-hydrogen) atoms. The molecule has 9 aromatic carbocycles. The molecule has 2 aliphatic rings. The summed E-state index contributed by atoms with van der Waals surface area (Å²) in [6, 6.07) is 18.3. The Labute approximate surface area is 386 Å². The van der Waals surface area contributed by atoms with Crippen LogP contribution < -0.4 is 4.90 Å². The quantitative estimate of drug-likeness (QED) is 0.173. The first kappa shape index (κ1) is 18.0. The highest BCUT2D eigenvalue weighted by Crippen LogP contribution is 2.53. The normalized spacial score (nSPS) is 21.1. The summed E-state index contributed by atoms with van der Waals surface area (Å²) < 4.78 is 235. The smallest absolute Gasteiger partial charge is 0.143 e. The van der Waals surface area contributed by atoms with Crippen LogP contribution in [0.4, 0.5) is 17.1 Å². The lowest BCUT2D eigenvalue weighted by Crippen LogP contribution is -2.18. The van der Waals surface area contributed by atoms with E-state index < -0.39 is 173 Å². The third-order valence-electron chi connectivity index (χ3n) is 11.6. The highest BCUT2D eigenvalue weighted by atomic mass is 16.3. The number of nitrogens with zero attached hydrogens (tertiary/aromatic N) is 1. The summed E-state index contributed by atoms with van der Waals surface area (Å²) in [6.07, 6.45) is 0. The third-order valence-corrected chi connectivity index (χ3v) is 11.6. The van der Waals surface area contributed by atoms with Crippen LogP contribution in [-0.4, -0.2) is 0 Å². The molecule has 0 saturated heterocycles. The van der Waals surface area contributed by atoms with Crippen LogP contribution in [0.2, 0.25) is 0 Å². The van der Waals surface area contributed by atoms with E-state index in [9.17, 15) is 6.85 Å². The fourth-order valence-electron chi connectivity index (χ4n) is 8.78. The fourth-order valence-corrected chi connectivity index (χ4v) is 8.78. The van der Waals surface area contributed by atoms with Gasteiger partial charge in [0.1, 0.15) is 11.2 Å². The number of fused-ring (bicyclic) bond motifs is 11. The van der Waals surface area contributed by atoms with Crippen molar-refractivity contribution < 1.29 is 38.7 Å². The maximum Gasteiger partial charge on any atom is 0.143 e. The average Bonchev–Trinajstić information content (AvgIpc) is 1.53. The molecule has 0 atom stereocenters. The van der Waals surface area contributed by atoms with E-state index in [0.717, 1.165) is 38.3 Å². The molecule has 286 valence electrons. The molecule has 2 heteroatoms. The molecule has 0 saturated carbocycles. The summed E-state index contributed by atoms with van der Waals surface area (Å²) in [6.45, 7) is -15.2. The summed E-state index contributed by atoms with van der Waals surface area (Å²) in [7, 11) is 0. The van der Waals surface area contributed by atoms with E-state index in [2.05, 4.69) is 0 Å². The van der Waals surface area contributed by atoms with Gasteiger partial charge in [0.15, 0.2) is 0 Å². The van der Waals surface area contributed by atoms with Gasteiger partial charge in [-0.3, -0.25) is 0 Å². The summed E-state index contributed by atoms with van der Waals surface area (Å²) in [5, 5.41) is 2.97. The maximum absolute atomic E-state index is 10.2. The molecule has 12 rings (SSSR count). The minimum atomic E-state index is -3.85. The molecule has 0 spiro atoms. The predicted molar refractivity (Wildman–Crippen MR) is 252 cm³/mol. The van der Waals surface area contributed by atoms with Crippen LogP contribution in [0.1, 0.15) is 83.9 Å². The lowest BCUT2D eigenvalue weighted by molar-refractivity contribution is 0.660. The number of furan rings is 1. The van der Waals surface area contributed by atoms with Crippen molar-refractivity contribution in [2.45, 2.75) is 38.2 Å². The molecule has 0 N–H and O–H groups in total. The predicted octanol–water partition coefficient (Wildman–Crippen LogP) is 16.2. The minimum absolute atomic E-state index is 0.204. The van der Waals surface area contributed by atoms with Crippen molar-refractivity contribution >= 4 is 49.8 Å². The second kappa shape index (κ2) is 12.7. The minimum Gasteiger partial charge on any atom is -0.455 e. The van der Waals surface area contributed by atoms with E-state index in [1.165, 1.54) is 12.1 Å². The van der Waals surface area contributed by atoms with Crippen molar-refractivity contribution in [3.05, 3.63) is 210 Å². The van der Waals surface area contributed by atoms with E-state index in [1.807, 2.05) is 78.9 Å². The van der Waals surface area contributed by atoms with Gasteiger partial charge in [0.05, 0.1) is 17.8 Å². The van der Waals surface area contributed by atoms with E-state index in [0.29, 0.717) is 27.7 Å². The van der Waals surface area contributed by atoms with Crippen molar-refractivity contribution in [2.75, 3.05) is 4.90 Å². The van der Waals surface area contributed by atoms with Crippen molar-refractivity contribution in [1.29, 1.82) is 0 Å². The lowest BCUT2D eigenvalue weighted by Gasteiger charge is -2.30. The van der Waals surface area contributed by atoms with Gasteiger partial charge < -0.3 is 9.32 Å². The second-order valence-electron chi connectivity index (χ2n) is 14.9. The molecule has 2 nitrogen and oxygen atoms in total. The summed E-state index contributed by atoms with van der Waals surface area (Å²) >= 11 is 0. The molecule has 1 aromatic heterocycles. The first-order valence-electron chi connectivity index (χ1n) is 31.5. The van der Waals surface area contributed by atoms with Gasteiger partial charge in [0, 0.05) is 60.5 Å². The molecule has 1 heterocycles. The Hall–Kier alpha value is -7.16.